The average molecular weight is 407 g/mol. The molecule has 0 aliphatic carbocycles. The highest BCUT2D eigenvalue weighted by Gasteiger charge is 2.25. The lowest BCUT2D eigenvalue weighted by atomic mass is 10.2. The van der Waals surface area contributed by atoms with Gasteiger partial charge < -0.3 is 24.5 Å². The first-order valence-electron chi connectivity index (χ1n) is 9.01. The van der Waals surface area contributed by atoms with E-state index in [2.05, 4.69) is 15.5 Å². The summed E-state index contributed by atoms with van der Waals surface area (Å²) in [5.41, 5.74) is 2.44. The third-order valence-electron chi connectivity index (χ3n) is 4.62. The minimum atomic E-state index is -0.930. The van der Waals surface area contributed by atoms with E-state index in [0.717, 1.165) is 22.3 Å². The predicted octanol–water partition coefficient (Wildman–Crippen LogP) is 3.95. The van der Waals surface area contributed by atoms with E-state index in [0.29, 0.717) is 36.0 Å². The lowest BCUT2D eigenvalue weighted by molar-refractivity contribution is 0.204. The number of ether oxygens (including phenoxy) is 1. The molecule has 0 saturated carbocycles. The molecule has 148 valence electrons. The summed E-state index contributed by atoms with van der Waals surface area (Å²) in [7, 11) is 0. The zero-order chi connectivity index (χ0) is 19.7. The number of carbonyl (C=O) groups is 1. The maximum atomic E-state index is 13.2. The van der Waals surface area contributed by atoms with Gasteiger partial charge in [0.15, 0.2) is 5.76 Å². The number of hydrogen-bond donors (Lipinski definition) is 2. The molecule has 1 atom stereocenters. The molecule has 2 aromatic heterocycles. The Kier molecular flexibility index (Phi) is 5.13. The molecule has 7 nitrogen and oxygen atoms in total. The number of hydrogen-bond acceptors (Lipinski definition) is 4. The van der Waals surface area contributed by atoms with Crippen molar-refractivity contribution in [3.8, 4) is 5.75 Å². The van der Waals surface area contributed by atoms with Crippen LogP contribution < -0.4 is 10.1 Å². The lowest BCUT2D eigenvalue weighted by Gasteiger charge is -2.15. The zero-order valence-electron chi connectivity index (χ0n) is 15.3. The average Bonchev–Trinajstić information content (AvgIpc) is 3.37. The van der Waals surface area contributed by atoms with Crippen LogP contribution in [-0.4, -0.2) is 40.3 Å². The second-order valence-corrected chi connectivity index (χ2v) is 7.29. The van der Waals surface area contributed by atoms with E-state index >= 15 is 0 Å². The summed E-state index contributed by atoms with van der Waals surface area (Å²) in [5, 5.41) is 8.01. The van der Waals surface area contributed by atoms with E-state index < -0.39 is 6.17 Å². The predicted molar refractivity (Wildman–Crippen MR) is 102 cm³/mol. The fourth-order valence-corrected chi connectivity index (χ4v) is 3.44. The Labute approximate surface area is 165 Å². The van der Waals surface area contributed by atoms with Crippen LogP contribution in [0, 0.1) is 6.92 Å². The van der Waals surface area contributed by atoms with Gasteiger partial charge in [0.2, 0.25) is 0 Å². The molecule has 4 rings (SSSR count). The summed E-state index contributed by atoms with van der Waals surface area (Å²) in [6, 6.07) is 7.05. The number of benzene rings is 1. The van der Waals surface area contributed by atoms with Crippen molar-refractivity contribution in [3.05, 3.63) is 46.4 Å². The van der Waals surface area contributed by atoms with Gasteiger partial charge in [-0.3, -0.25) is 0 Å². The quantitative estimate of drug-likeness (QED) is 0.672. The minimum Gasteiger partial charge on any atom is -0.484 e. The number of H-pyrrole nitrogens is 1. The number of nitrogens with one attached hydrogen (secondary N) is 2. The van der Waals surface area contributed by atoms with E-state index in [9.17, 15) is 9.18 Å². The summed E-state index contributed by atoms with van der Waals surface area (Å²) < 4.78 is 24.1. The molecule has 0 bridgehead atoms. The van der Waals surface area contributed by atoms with Crippen molar-refractivity contribution in [1.29, 1.82) is 0 Å². The van der Waals surface area contributed by atoms with Gasteiger partial charge in [-0.25, -0.2) is 9.18 Å². The summed E-state index contributed by atoms with van der Waals surface area (Å²) in [4.78, 5) is 16.8. The second-order valence-electron chi connectivity index (χ2n) is 6.88. The van der Waals surface area contributed by atoms with E-state index in [1.54, 1.807) is 18.2 Å². The lowest BCUT2D eigenvalue weighted by Crippen LogP contribution is -2.38. The molecule has 1 fully saturated rings. The van der Waals surface area contributed by atoms with Crippen LogP contribution in [0.15, 0.2) is 28.8 Å². The standard InChI is InChI=1S/C19H20ClFN4O3/c1-11-4-15(28-24-11)10-27-18-7-17-12(6-16(18)20)5-14(23-17)8-22-19(26)25-3-2-13(21)9-25/h4-7,13,23H,2-3,8-10H2,1H3,(H,22,26)/t13-/m1/s1. The number of alkyl halides is 1. The van der Waals surface area contributed by atoms with Gasteiger partial charge in [0.1, 0.15) is 18.5 Å². The van der Waals surface area contributed by atoms with Crippen LogP contribution in [0.5, 0.6) is 5.75 Å². The number of rotatable bonds is 5. The van der Waals surface area contributed by atoms with Gasteiger partial charge in [-0.2, -0.15) is 0 Å². The van der Waals surface area contributed by atoms with Gasteiger partial charge in [0.25, 0.3) is 0 Å². The number of amides is 2. The number of likely N-dealkylation sites (tertiary alicyclic amines) is 1. The number of nitrogens with zero attached hydrogens (tertiary/aromatic N) is 2. The topological polar surface area (TPSA) is 83.4 Å². The van der Waals surface area contributed by atoms with Crippen molar-refractivity contribution >= 4 is 28.5 Å². The molecule has 0 radical (unpaired) electrons. The number of urea groups is 1. The highest BCUT2D eigenvalue weighted by Crippen LogP contribution is 2.31. The molecule has 9 heteroatoms. The zero-order valence-corrected chi connectivity index (χ0v) is 16.1. The van der Waals surface area contributed by atoms with Gasteiger partial charge in [0.05, 0.1) is 23.8 Å². The Morgan fingerprint density at radius 2 is 2.32 bits per heavy atom. The van der Waals surface area contributed by atoms with Crippen LogP contribution in [0.25, 0.3) is 10.9 Å². The van der Waals surface area contributed by atoms with E-state index in [4.69, 9.17) is 20.9 Å². The first-order valence-corrected chi connectivity index (χ1v) is 9.39. The van der Waals surface area contributed by atoms with Gasteiger partial charge in [0, 0.05) is 35.3 Å². The van der Waals surface area contributed by atoms with Gasteiger partial charge in [-0.1, -0.05) is 16.8 Å². The molecule has 3 aromatic rings. The van der Waals surface area contributed by atoms with Crippen LogP contribution in [0.3, 0.4) is 0 Å². The Balaban J connectivity index is 1.41. The van der Waals surface area contributed by atoms with Gasteiger partial charge in [-0.05, 0) is 25.5 Å². The number of fused-ring (bicyclic) bond motifs is 1. The van der Waals surface area contributed by atoms with Crippen LogP contribution in [0.2, 0.25) is 5.02 Å². The minimum absolute atomic E-state index is 0.152. The van der Waals surface area contributed by atoms with Gasteiger partial charge >= 0.3 is 6.03 Å². The maximum Gasteiger partial charge on any atom is 0.317 e. The third kappa shape index (κ3) is 4.06. The SMILES string of the molecule is Cc1cc(COc2cc3[nH]c(CNC(=O)N4CC[C@@H](F)C4)cc3cc2Cl)on1. The smallest absolute Gasteiger partial charge is 0.317 e. The summed E-state index contributed by atoms with van der Waals surface area (Å²) in [6.45, 7) is 2.97. The fraction of sp³-hybridized carbons (Fsp3) is 0.368. The van der Waals surface area contributed by atoms with E-state index in [1.807, 2.05) is 13.0 Å². The van der Waals surface area contributed by atoms with Crippen LogP contribution in [-0.2, 0) is 13.2 Å². The molecule has 28 heavy (non-hydrogen) atoms. The Bertz CT molecular complexity index is 1000. The molecule has 1 aromatic carbocycles. The van der Waals surface area contributed by atoms with Crippen molar-refractivity contribution in [1.82, 2.24) is 20.4 Å². The Morgan fingerprint density at radius 1 is 1.46 bits per heavy atom. The Hall–Kier alpha value is -2.74. The molecule has 1 saturated heterocycles. The normalized spacial score (nSPS) is 16.7. The van der Waals surface area contributed by atoms with Crippen molar-refractivity contribution in [3.63, 3.8) is 0 Å². The van der Waals surface area contributed by atoms with Crippen molar-refractivity contribution in [2.24, 2.45) is 0 Å². The largest absolute Gasteiger partial charge is 0.484 e. The molecule has 1 aliphatic rings. The summed E-state index contributed by atoms with van der Waals surface area (Å²) in [6.07, 6.45) is -0.533. The fourth-order valence-electron chi connectivity index (χ4n) is 3.22. The monoisotopic (exact) mass is 406 g/mol. The molecular weight excluding hydrogens is 387 g/mol. The van der Waals surface area contributed by atoms with E-state index in [1.165, 1.54) is 4.90 Å². The first-order chi connectivity index (χ1) is 13.5. The molecule has 0 spiro atoms. The van der Waals surface area contributed by atoms with Gasteiger partial charge in [-0.15, -0.1) is 0 Å². The number of aromatic amines is 1. The van der Waals surface area contributed by atoms with Crippen LogP contribution in [0.4, 0.5) is 9.18 Å². The number of carbonyl (C=O) groups excluding carboxylic acids is 1. The molecular formula is C19H20ClFN4O3. The highest BCUT2D eigenvalue weighted by atomic mass is 35.5. The highest BCUT2D eigenvalue weighted by molar-refractivity contribution is 6.32. The number of aromatic nitrogens is 2. The Morgan fingerprint density at radius 3 is 3.04 bits per heavy atom. The van der Waals surface area contributed by atoms with Crippen molar-refractivity contribution in [2.45, 2.75) is 32.7 Å². The molecule has 1 aliphatic heterocycles. The van der Waals surface area contributed by atoms with Crippen molar-refractivity contribution in [2.75, 3.05) is 13.1 Å². The second kappa shape index (κ2) is 7.71. The summed E-state index contributed by atoms with van der Waals surface area (Å²) in [5.74, 6) is 1.13. The maximum absolute atomic E-state index is 13.2. The molecule has 2 amide bonds. The van der Waals surface area contributed by atoms with E-state index in [-0.39, 0.29) is 19.2 Å². The molecule has 3 heterocycles. The van der Waals surface area contributed by atoms with Crippen LogP contribution >= 0.6 is 11.6 Å². The molecule has 2 N–H and O–H groups in total. The number of halogens is 2. The molecule has 0 unspecified atom stereocenters. The third-order valence-corrected chi connectivity index (χ3v) is 4.92. The number of aryl methyl sites for hydroxylation is 1. The van der Waals surface area contributed by atoms with Crippen LogP contribution in [0.1, 0.15) is 23.6 Å². The first kappa shape index (κ1) is 18.6. The van der Waals surface area contributed by atoms with Crippen molar-refractivity contribution < 1.29 is 18.4 Å². The summed E-state index contributed by atoms with van der Waals surface area (Å²) >= 11 is 6.31.